The minimum atomic E-state index is -0.680. The highest BCUT2D eigenvalue weighted by molar-refractivity contribution is 5.71. The van der Waals surface area contributed by atoms with E-state index in [9.17, 15) is 9.90 Å². The van der Waals surface area contributed by atoms with Gasteiger partial charge in [0, 0.05) is 18.9 Å². The van der Waals surface area contributed by atoms with Crippen LogP contribution in [0.2, 0.25) is 0 Å². The van der Waals surface area contributed by atoms with Crippen molar-refractivity contribution in [3.8, 4) is 0 Å². The lowest BCUT2D eigenvalue weighted by molar-refractivity contribution is -0.142. The molecular formula is C14H18N4O2. The van der Waals surface area contributed by atoms with E-state index in [1.165, 1.54) is 0 Å². The number of anilines is 1. The van der Waals surface area contributed by atoms with Crippen LogP contribution in [0.1, 0.15) is 25.0 Å². The van der Waals surface area contributed by atoms with Gasteiger partial charge in [0.05, 0.1) is 11.6 Å². The van der Waals surface area contributed by atoms with Crippen molar-refractivity contribution in [2.45, 2.75) is 26.2 Å². The third kappa shape index (κ3) is 2.33. The lowest BCUT2D eigenvalue weighted by Crippen LogP contribution is -2.24. The number of fused-ring (bicyclic) bond motifs is 1. The Kier molecular flexibility index (Phi) is 3.30. The van der Waals surface area contributed by atoms with Crippen LogP contribution in [0.5, 0.6) is 0 Å². The first kappa shape index (κ1) is 12.9. The summed E-state index contributed by atoms with van der Waals surface area (Å²) in [5, 5.41) is 16.8. The molecule has 1 saturated carbocycles. The Morgan fingerprint density at radius 1 is 1.55 bits per heavy atom. The van der Waals surface area contributed by atoms with Crippen LogP contribution in [0, 0.1) is 18.8 Å². The summed E-state index contributed by atoms with van der Waals surface area (Å²) in [7, 11) is 0. The molecule has 2 atom stereocenters. The average molecular weight is 274 g/mol. The second-order valence-electron chi connectivity index (χ2n) is 5.41. The number of aromatic nitrogens is 3. The highest BCUT2D eigenvalue weighted by Gasteiger charge is 2.32. The molecule has 0 bridgehead atoms. The zero-order chi connectivity index (χ0) is 14.1. The molecule has 2 N–H and O–H groups in total. The molecule has 2 heterocycles. The van der Waals surface area contributed by atoms with Gasteiger partial charge in [0.2, 0.25) is 0 Å². The minimum absolute atomic E-state index is 0.179. The summed E-state index contributed by atoms with van der Waals surface area (Å²) in [6.45, 7) is 2.59. The standard InChI is InChI=1S/C14H18N4O2/c1-9-7-12-13(15-5-6-18(12)17-9)16-8-10-3-2-4-11(10)14(19)20/h5-7,10-11H,2-4,8H2,1H3,(H,15,16)(H,19,20). The van der Waals surface area contributed by atoms with Crippen LogP contribution < -0.4 is 5.32 Å². The van der Waals surface area contributed by atoms with Gasteiger partial charge >= 0.3 is 5.97 Å². The molecule has 106 valence electrons. The average Bonchev–Trinajstić information content (AvgIpc) is 3.01. The number of aryl methyl sites for hydroxylation is 1. The van der Waals surface area contributed by atoms with Crippen LogP contribution >= 0.6 is 0 Å². The number of carbonyl (C=O) groups is 1. The molecule has 20 heavy (non-hydrogen) atoms. The molecule has 0 saturated heterocycles. The largest absolute Gasteiger partial charge is 0.481 e. The Hall–Kier alpha value is -2.11. The molecule has 1 fully saturated rings. The van der Waals surface area contributed by atoms with Gasteiger partial charge in [-0.2, -0.15) is 5.10 Å². The maximum Gasteiger partial charge on any atom is 0.306 e. The number of nitrogens with zero attached hydrogens (tertiary/aromatic N) is 3. The Morgan fingerprint density at radius 2 is 2.40 bits per heavy atom. The van der Waals surface area contributed by atoms with Crippen molar-refractivity contribution in [1.82, 2.24) is 14.6 Å². The minimum Gasteiger partial charge on any atom is -0.481 e. The maximum atomic E-state index is 11.2. The van der Waals surface area contributed by atoms with Gasteiger partial charge in [-0.25, -0.2) is 9.50 Å². The number of carboxylic acid groups (broad SMARTS) is 1. The van der Waals surface area contributed by atoms with Gasteiger partial charge < -0.3 is 10.4 Å². The SMILES string of the molecule is Cc1cc2c(NCC3CCCC3C(=O)O)nccn2n1. The smallest absolute Gasteiger partial charge is 0.306 e. The van der Waals surface area contributed by atoms with Crippen molar-refractivity contribution in [2.24, 2.45) is 11.8 Å². The van der Waals surface area contributed by atoms with Gasteiger partial charge in [-0.1, -0.05) is 6.42 Å². The molecule has 6 nitrogen and oxygen atoms in total. The molecule has 2 aromatic rings. The van der Waals surface area contributed by atoms with E-state index in [0.29, 0.717) is 6.54 Å². The number of hydrogen-bond donors (Lipinski definition) is 2. The number of nitrogens with one attached hydrogen (secondary N) is 1. The molecule has 0 amide bonds. The van der Waals surface area contributed by atoms with Crippen LogP contribution in [0.4, 0.5) is 5.82 Å². The Bertz CT molecular complexity index is 637. The molecule has 1 aliphatic carbocycles. The number of rotatable bonds is 4. The van der Waals surface area contributed by atoms with E-state index in [4.69, 9.17) is 0 Å². The van der Waals surface area contributed by atoms with Crippen molar-refractivity contribution in [1.29, 1.82) is 0 Å². The van der Waals surface area contributed by atoms with Gasteiger partial charge in [0.25, 0.3) is 0 Å². The monoisotopic (exact) mass is 274 g/mol. The molecule has 0 aromatic carbocycles. The van der Waals surface area contributed by atoms with Crippen molar-refractivity contribution in [3.05, 3.63) is 24.2 Å². The van der Waals surface area contributed by atoms with Crippen molar-refractivity contribution >= 4 is 17.3 Å². The van der Waals surface area contributed by atoms with Gasteiger partial charge in [-0.05, 0) is 31.7 Å². The first-order chi connectivity index (χ1) is 9.65. The Labute approximate surface area is 116 Å². The normalized spacial score (nSPS) is 22.2. The van der Waals surface area contributed by atoms with E-state index >= 15 is 0 Å². The van der Waals surface area contributed by atoms with Crippen molar-refractivity contribution in [2.75, 3.05) is 11.9 Å². The van der Waals surface area contributed by atoms with Crippen molar-refractivity contribution < 1.29 is 9.90 Å². The highest BCUT2D eigenvalue weighted by Crippen LogP contribution is 2.32. The third-order valence-corrected chi connectivity index (χ3v) is 4.02. The van der Waals surface area contributed by atoms with Crippen LogP contribution in [-0.4, -0.2) is 32.2 Å². The molecule has 0 aliphatic heterocycles. The quantitative estimate of drug-likeness (QED) is 0.890. The molecule has 1 aliphatic rings. The summed E-state index contributed by atoms with van der Waals surface area (Å²) in [5.41, 5.74) is 1.86. The lowest BCUT2D eigenvalue weighted by atomic mass is 9.96. The fraction of sp³-hybridized carbons (Fsp3) is 0.500. The van der Waals surface area contributed by atoms with E-state index in [-0.39, 0.29) is 11.8 Å². The molecule has 3 rings (SSSR count). The third-order valence-electron chi connectivity index (χ3n) is 4.02. The van der Waals surface area contributed by atoms with Crippen LogP contribution in [0.15, 0.2) is 18.5 Å². The van der Waals surface area contributed by atoms with Gasteiger partial charge in [0.1, 0.15) is 5.52 Å². The second-order valence-corrected chi connectivity index (χ2v) is 5.41. The molecular weight excluding hydrogens is 256 g/mol. The van der Waals surface area contributed by atoms with Gasteiger partial charge in [-0.3, -0.25) is 4.79 Å². The Balaban J connectivity index is 1.75. The van der Waals surface area contributed by atoms with Crippen LogP contribution in [0.25, 0.3) is 5.52 Å². The topological polar surface area (TPSA) is 79.5 Å². The van der Waals surface area contributed by atoms with Crippen LogP contribution in [0.3, 0.4) is 0 Å². The number of hydrogen-bond acceptors (Lipinski definition) is 4. The van der Waals surface area contributed by atoms with E-state index in [2.05, 4.69) is 15.4 Å². The predicted octanol–water partition coefficient (Wildman–Crippen LogP) is 1.95. The molecule has 2 aromatic heterocycles. The number of carboxylic acids is 1. The zero-order valence-corrected chi connectivity index (χ0v) is 11.4. The summed E-state index contributed by atoms with van der Waals surface area (Å²) >= 11 is 0. The summed E-state index contributed by atoms with van der Waals surface area (Å²) in [6, 6.07) is 1.97. The van der Waals surface area contributed by atoms with Gasteiger partial charge in [-0.15, -0.1) is 0 Å². The molecule has 2 unspecified atom stereocenters. The van der Waals surface area contributed by atoms with Crippen LogP contribution in [-0.2, 0) is 4.79 Å². The first-order valence-electron chi connectivity index (χ1n) is 6.93. The molecule has 6 heteroatoms. The second kappa shape index (κ2) is 5.11. The molecule has 0 spiro atoms. The van der Waals surface area contributed by atoms with E-state index in [1.54, 1.807) is 10.7 Å². The van der Waals surface area contributed by atoms with E-state index < -0.39 is 5.97 Å². The van der Waals surface area contributed by atoms with E-state index in [1.807, 2.05) is 19.2 Å². The summed E-state index contributed by atoms with van der Waals surface area (Å²) in [6.07, 6.45) is 6.25. The predicted molar refractivity (Wildman–Crippen MR) is 74.7 cm³/mol. The van der Waals surface area contributed by atoms with Gasteiger partial charge in [0.15, 0.2) is 5.82 Å². The fourth-order valence-corrected chi connectivity index (χ4v) is 3.01. The van der Waals surface area contributed by atoms with Crippen molar-refractivity contribution in [3.63, 3.8) is 0 Å². The summed E-state index contributed by atoms with van der Waals surface area (Å²) < 4.78 is 1.79. The lowest BCUT2D eigenvalue weighted by Gasteiger charge is -2.16. The number of aliphatic carboxylic acids is 1. The zero-order valence-electron chi connectivity index (χ0n) is 11.4. The first-order valence-corrected chi connectivity index (χ1v) is 6.93. The Morgan fingerprint density at radius 3 is 3.20 bits per heavy atom. The summed E-state index contributed by atoms with van der Waals surface area (Å²) in [5.74, 6) is 0.0391. The summed E-state index contributed by atoms with van der Waals surface area (Å²) in [4.78, 5) is 15.5. The highest BCUT2D eigenvalue weighted by atomic mass is 16.4. The fourth-order valence-electron chi connectivity index (χ4n) is 3.01. The van der Waals surface area contributed by atoms with E-state index in [0.717, 1.165) is 36.3 Å². The molecule has 0 radical (unpaired) electrons. The maximum absolute atomic E-state index is 11.2.